The molecule has 0 saturated carbocycles. The first-order valence-corrected chi connectivity index (χ1v) is 5.59. The quantitative estimate of drug-likeness (QED) is 0.777. The van der Waals surface area contributed by atoms with Crippen LogP contribution in [0, 0.1) is 0 Å². The number of halogens is 1. The van der Waals surface area contributed by atoms with Crippen molar-refractivity contribution in [3.8, 4) is 0 Å². The molecule has 0 unspecified atom stereocenters. The maximum Gasteiger partial charge on any atom is 0.128 e. The highest BCUT2D eigenvalue weighted by atomic mass is 79.9. The third-order valence-corrected chi connectivity index (χ3v) is 3.66. The summed E-state index contributed by atoms with van der Waals surface area (Å²) < 4.78 is 7.22. The lowest BCUT2D eigenvalue weighted by Crippen LogP contribution is -1.77. The Morgan fingerprint density at radius 3 is 3.00 bits per heavy atom. The van der Waals surface area contributed by atoms with E-state index in [4.69, 9.17) is 4.74 Å². The maximum atomic E-state index is 5.09. The second kappa shape index (κ2) is 3.71. The van der Waals surface area contributed by atoms with Crippen molar-refractivity contribution in [1.29, 1.82) is 0 Å². The average molecular weight is 270 g/mol. The van der Waals surface area contributed by atoms with Crippen molar-refractivity contribution < 1.29 is 4.74 Å². The molecule has 0 fully saturated rings. The van der Waals surface area contributed by atoms with Gasteiger partial charge in [0.25, 0.3) is 0 Å². The number of nitrogens with zero attached hydrogens (tertiary/aromatic N) is 1. The third kappa shape index (κ3) is 1.55. The van der Waals surface area contributed by atoms with Crippen molar-refractivity contribution in [3.05, 3.63) is 34.4 Å². The Hall–Kier alpha value is -0.870. The second-order valence-corrected chi connectivity index (χ2v) is 4.71. The van der Waals surface area contributed by atoms with Crippen LogP contribution in [0.5, 0.6) is 0 Å². The van der Waals surface area contributed by atoms with Crippen LogP contribution in [0.3, 0.4) is 0 Å². The van der Waals surface area contributed by atoms with E-state index in [0.29, 0.717) is 5.76 Å². The summed E-state index contributed by atoms with van der Waals surface area (Å²) in [7, 11) is 1.63. The summed E-state index contributed by atoms with van der Waals surface area (Å²) in [5.41, 5.74) is 0. The van der Waals surface area contributed by atoms with Crippen LogP contribution >= 0.6 is 27.3 Å². The van der Waals surface area contributed by atoms with Gasteiger partial charge in [-0.25, -0.2) is 0 Å². The van der Waals surface area contributed by atoms with Gasteiger partial charge in [-0.15, -0.1) is 11.3 Å². The minimum absolute atomic E-state index is 0.693. The zero-order valence-electron chi connectivity index (χ0n) is 7.58. The van der Waals surface area contributed by atoms with E-state index in [-0.39, 0.29) is 0 Å². The molecule has 0 aliphatic rings. The minimum Gasteiger partial charge on any atom is -0.496 e. The topological polar surface area (TPSA) is 22.1 Å². The molecule has 2 nitrogen and oxygen atoms in total. The van der Waals surface area contributed by atoms with Gasteiger partial charge in [0.15, 0.2) is 0 Å². The molecular weight excluding hydrogens is 262 g/mol. The van der Waals surface area contributed by atoms with Crippen LogP contribution in [0.25, 0.3) is 15.8 Å². The Kier molecular flexibility index (Phi) is 2.56. The normalized spacial score (nSPS) is 10.4. The van der Waals surface area contributed by atoms with Gasteiger partial charge in [-0.05, 0) is 22.0 Å². The molecule has 14 heavy (non-hydrogen) atoms. The standard InChI is InChI=1S/C10H8BrNOS/c1-6(13-2)9-3-7-8(11)4-12-5-10(7)14-9/h3-5H,1H2,2H3. The smallest absolute Gasteiger partial charge is 0.128 e. The Morgan fingerprint density at radius 1 is 1.57 bits per heavy atom. The molecule has 0 bridgehead atoms. The number of hydrogen-bond acceptors (Lipinski definition) is 3. The summed E-state index contributed by atoms with van der Waals surface area (Å²) in [4.78, 5) is 5.14. The molecule has 0 radical (unpaired) electrons. The van der Waals surface area contributed by atoms with Crippen LogP contribution < -0.4 is 0 Å². The van der Waals surface area contributed by atoms with Crippen molar-refractivity contribution in [2.75, 3.05) is 7.11 Å². The lowest BCUT2D eigenvalue weighted by molar-refractivity contribution is 0.373. The van der Waals surface area contributed by atoms with Crippen LogP contribution in [0.4, 0.5) is 0 Å². The highest BCUT2D eigenvalue weighted by Crippen LogP contribution is 2.33. The Labute approximate surface area is 94.4 Å². The fourth-order valence-electron chi connectivity index (χ4n) is 1.17. The monoisotopic (exact) mass is 269 g/mol. The van der Waals surface area contributed by atoms with Gasteiger partial charge in [0, 0.05) is 22.3 Å². The van der Waals surface area contributed by atoms with E-state index in [1.54, 1.807) is 24.6 Å². The Balaban J connectivity index is 2.62. The molecule has 0 spiro atoms. The van der Waals surface area contributed by atoms with Gasteiger partial charge in [-0.2, -0.15) is 0 Å². The number of aromatic nitrogens is 1. The van der Waals surface area contributed by atoms with Crippen molar-refractivity contribution in [1.82, 2.24) is 4.98 Å². The molecule has 2 heterocycles. The molecule has 0 saturated heterocycles. The van der Waals surface area contributed by atoms with Crippen LogP contribution in [-0.4, -0.2) is 12.1 Å². The summed E-state index contributed by atoms with van der Waals surface area (Å²) in [6.45, 7) is 3.82. The zero-order chi connectivity index (χ0) is 10.1. The average Bonchev–Trinajstić information content (AvgIpc) is 2.62. The van der Waals surface area contributed by atoms with E-state index in [1.165, 1.54) is 0 Å². The minimum atomic E-state index is 0.693. The van der Waals surface area contributed by atoms with Crippen LogP contribution in [-0.2, 0) is 4.74 Å². The van der Waals surface area contributed by atoms with Gasteiger partial charge >= 0.3 is 0 Å². The van der Waals surface area contributed by atoms with E-state index < -0.39 is 0 Å². The van der Waals surface area contributed by atoms with E-state index in [1.807, 2.05) is 6.20 Å². The van der Waals surface area contributed by atoms with Gasteiger partial charge in [0.05, 0.1) is 16.7 Å². The van der Waals surface area contributed by atoms with Crippen molar-refractivity contribution in [2.24, 2.45) is 0 Å². The van der Waals surface area contributed by atoms with E-state index in [0.717, 1.165) is 19.4 Å². The molecular formula is C10H8BrNOS. The molecule has 2 aromatic heterocycles. The van der Waals surface area contributed by atoms with E-state index >= 15 is 0 Å². The van der Waals surface area contributed by atoms with E-state index in [2.05, 4.69) is 33.6 Å². The molecule has 2 aromatic rings. The summed E-state index contributed by atoms with van der Waals surface area (Å²) in [6.07, 6.45) is 3.63. The summed E-state index contributed by atoms with van der Waals surface area (Å²) in [5.74, 6) is 0.693. The van der Waals surface area contributed by atoms with Gasteiger partial charge in [0.2, 0.25) is 0 Å². The lowest BCUT2D eigenvalue weighted by Gasteiger charge is -1.97. The summed E-state index contributed by atoms with van der Waals surface area (Å²) in [6, 6.07) is 2.05. The number of thiophene rings is 1. The molecule has 72 valence electrons. The molecule has 2 rings (SSSR count). The maximum absolute atomic E-state index is 5.09. The molecule has 0 aliphatic heterocycles. The second-order valence-electron chi connectivity index (χ2n) is 2.77. The van der Waals surface area contributed by atoms with Crippen molar-refractivity contribution >= 4 is 43.1 Å². The lowest BCUT2D eigenvalue weighted by atomic mass is 10.3. The Bertz CT molecular complexity index is 492. The van der Waals surface area contributed by atoms with Crippen LogP contribution in [0.2, 0.25) is 0 Å². The molecule has 0 N–H and O–H groups in total. The van der Waals surface area contributed by atoms with Gasteiger partial charge in [-0.3, -0.25) is 4.98 Å². The predicted octanol–water partition coefficient (Wildman–Crippen LogP) is 3.68. The number of methoxy groups -OCH3 is 1. The first-order chi connectivity index (χ1) is 6.72. The van der Waals surface area contributed by atoms with Gasteiger partial charge < -0.3 is 4.74 Å². The number of fused-ring (bicyclic) bond motifs is 1. The number of hydrogen-bond donors (Lipinski definition) is 0. The van der Waals surface area contributed by atoms with Crippen molar-refractivity contribution in [3.63, 3.8) is 0 Å². The first-order valence-electron chi connectivity index (χ1n) is 3.98. The number of rotatable bonds is 2. The third-order valence-electron chi connectivity index (χ3n) is 1.92. The largest absolute Gasteiger partial charge is 0.496 e. The molecule has 0 atom stereocenters. The molecule has 0 amide bonds. The first kappa shape index (κ1) is 9.68. The van der Waals surface area contributed by atoms with Crippen molar-refractivity contribution in [2.45, 2.75) is 0 Å². The molecule has 4 heteroatoms. The Morgan fingerprint density at radius 2 is 2.36 bits per heavy atom. The predicted molar refractivity (Wildman–Crippen MR) is 63.4 cm³/mol. The fraction of sp³-hybridized carbons (Fsp3) is 0.100. The summed E-state index contributed by atoms with van der Waals surface area (Å²) in [5, 5.41) is 1.15. The fourth-order valence-corrected chi connectivity index (χ4v) is 2.75. The van der Waals surface area contributed by atoms with Gasteiger partial charge in [0.1, 0.15) is 5.76 Å². The van der Waals surface area contributed by atoms with Crippen LogP contribution in [0.1, 0.15) is 4.88 Å². The SMILES string of the molecule is C=C(OC)c1cc2c(Br)cncc2s1. The highest BCUT2D eigenvalue weighted by molar-refractivity contribution is 9.10. The molecule has 0 aliphatic carbocycles. The zero-order valence-corrected chi connectivity index (χ0v) is 9.98. The van der Waals surface area contributed by atoms with E-state index in [9.17, 15) is 0 Å². The number of ether oxygens (including phenoxy) is 1. The number of pyridine rings is 1. The van der Waals surface area contributed by atoms with Gasteiger partial charge in [-0.1, -0.05) is 6.58 Å². The van der Waals surface area contributed by atoms with Crippen LogP contribution in [0.15, 0.2) is 29.5 Å². The summed E-state index contributed by atoms with van der Waals surface area (Å²) >= 11 is 5.08. The molecule has 0 aromatic carbocycles. The highest BCUT2D eigenvalue weighted by Gasteiger charge is 2.07.